The Morgan fingerprint density at radius 2 is 1.63 bits per heavy atom. The number of rotatable bonds is 4. The summed E-state index contributed by atoms with van der Waals surface area (Å²) in [6.45, 7) is 3.42. The van der Waals surface area contributed by atoms with Gasteiger partial charge < -0.3 is 20.1 Å². The Hall–Kier alpha value is -4.06. The first-order chi connectivity index (χ1) is 16.9. The van der Waals surface area contributed by atoms with Gasteiger partial charge in [-0.3, -0.25) is 9.59 Å². The quantitative estimate of drug-likeness (QED) is 0.366. The summed E-state index contributed by atoms with van der Waals surface area (Å²) in [5.74, 6) is 0.586. The van der Waals surface area contributed by atoms with E-state index < -0.39 is 5.97 Å². The first-order valence-corrected chi connectivity index (χ1v) is 11.7. The number of allylic oxidation sites excluding steroid dienone is 1. The number of methoxy groups -OCH3 is 1. The van der Waals surface area contributed by atoms with Gasteiger partial charge in [-0.05, 0) is 54.7 Å². The molecule has 0 radical (unpaired) electrons. The zero-order valence-corrected chi connectivity index (χ0v) is 20.1. The topological polar surface area (TPSA) is 76.7 Å². The zero-order valence-electron chi connectivity index (χ0n) is 20.1. The monoisotopic (exact) mass is 468 g/mol. The number of anilines is 2. The van der Waals surface area contributed by atoms with Gasteiger partial charge in [0.25, 0.3) is 0 Å². The van der Waals surface area contributed by atoms with E-state index in [1.807, 2.05) is 36.4 Å². The molecular weight excluding hydrogens is 440 g/mol. The molecule has 6 nitrogen and oxygen atoms in total. The first kappa shape index (κ1) is 22.7. The van der Waals surface area contributed by atoms with Crippen molar-refractivity contribution < 1.29 is 19.1 Å². The lowest BCUT2D eigenvalue weighted by Gasteiger charge is -2.30. The molecule has 1 aliphatic heterocycles. The third-order valence-electron chi connectivity index (χ3n) is 6.63. The number of hydrogen-bond acceptors (Lipinski definition) is 6. The molecule has 0 saturated heterocycles. The molecule has 3 aromatic carbocycles. The number of fused-ring (bicyclic) bond motifs is 1. The van der Waals surface area contributed by atoms with Crippen molar-refractivity contribution in [2.45, 2.75) is 38.6 Å². The highest BCUT2D eigenvalue weighted by Gasteiger charge is 2.36. The minimum atomic E-state index is -0.420. The van der Waals surface area contributed by atoms with Crippen LogP contribution < -0.4 is 20.1 Å². The molecule has 178 valence electrons. The summed E-state index contributed by atoms with van der Waals surface area (Å²) >= 11 is 0. The van der Waals surface area contributed by atoms with Gasteiger partial charge in [0.2, 0.25) is 0 Å². The highest BCUT2D eigenvalue weighted by atomic mass is 16.6. The molecule has 1 heterocycles. The van der Waals surface area contributed by atoms with Gasteiger partial charge in [-0.15, -0.1) is 0 Å². The number of ketones is 1. The predicted octanol–water partition coefficient (Wildman–Crippen LogP) is 5.91. The van der Waals surface area contributed by atoms with Crippen LogP contribution in [-0.4, -0.2) is 18.9 Å². The molecule has 3 aromatic rings. The van der Waals surface area contributed by atoms with Crippen molar-refractivity contribution in [3.8, 4) is 11.5 Å². The summed E-state index contributed by atoms with van der Waals surface area (Å²) in [5, 5.41) is 7.14. The van der Waals surface area contributed by atoms with Crippen LogP contribution in [0.5, 0.6) is 11.5 Å². The fourth-order valence-corrected chi connectivity index (χ4v) is 4.92. The summed E-state index contributed by atoms with van der Waals surface area (Å²) in [4.78, 5) is 25.2. The third kappa shape index (κ3) is 4.52. The molecule has 1 aliphatic carbocycles. The van der Waals surface area contributed by atoms with Crippen LogP contribution in [0.4, 0.5) is 11.4 Å². The summed E-state index contributed by atoms with van der Waals surface area (Å²) in [5.41, 5.74) is 6.73. The largest absolute Gasteiger partial charge is 0.493 e. The zero-order chi connectivity index (χ0) is 24.5. The van der Waals surface area contributed by atoms with Crippen molar-refractivity contribution in [2.75, 3.05) is 17.7 Å². The molecule has 2 N–H and O–H groups in total. The lowest BCUT2D eigenvalue weighted by Crippen LogP contribution is -2.27. The van der Waals surface area contributed by atoms with E-state index in [1.54, 1.807) is 6.07 Å². The Labute approximate surface area is 205 Å². The normalized spacial score (nSPS) is 19.0. The summed E-state index contributed by atoms with van der Waals surface area (Å²) in [6.07, 6.45) is 1.18. The van der Waals surface area contributed by atoms with E-state index >= 15 is 0 Å². The number of nitrogens with one attached hydrogen (secondary N) is 2. The Kier molecular flexibility index (Phi) is 6.03. The van der Waals surface area contributed by atoms with E-state index in [4.69, 9.17) is 9.47 Å². The summed E-state index contributed by atoms with van der Waals surface area (Å²) in [7, 11) is 1.53. The van der Waals surface area contributed by atoms with Gasteiger partial charge >= 0.3 is 5.97 Å². The number of para-hydroxylation sites is 2. The van der Waals surface area contributed by atoms with E-state index in [0.717, 1.165) is 34.6 Å². The Bertz CT molecular complexity index is 1330. The second kappa shape index (κ2) is 9.29. The first-order valence-electron chi connectivity index (χ1n) is 11.7. The van der Waals surface area contributed by atoms with Crippen molar-refractivity contribution >= 4 is 23.1 Å². The number of esters is 1. The molecule has 0 bridgehead atoms. The van der Waals surface area contributed by atoms with Crippen LogP contribution in [0.15, 0.2) is 78.0 Å². The van der Waals surface area contributed by atoms with Crippen LogP contribution in [0.1, 0.15) is 48.4 Å². The molecule has 0 aromatic heterocycles. The van der Waals surface area contributed by atoms with Crippen LogP contribution in [0.3, 0.4) is 0 Å². The van der Waals surface area contributed by atoms with Crippen LogP contribution in [0.2, 0.25) is 0 Å². The van der Waals surface area contributed by atoms with Crippen LogP contribution in [0, 0.1) is 6.92 Å². The van der Waals surface area contributed by atoms with Crippen molar-refractivity contribution in [1.29, 1.82) is 0 Å². The molecule has 0 spiro atoms. The van der Waals surface area contributed by atoms with E-state index in [9.17, 15) is 9.59 Å². The predicted molar refractivity (Wildman–Crippen MR) is 136 cm³/mol. The molecule has 2 aliphatic rings. The number of Topliss-reactive ketones (excluding diaryl/α,β-unsaturated/α-hetero) is 1. The summed E-state index contributed by atoms with van der Waals surface area (Å²) < 4.78 is 10.8. The van der Waals surface area contributed by atoms with Gasteiger partial charge in [0.15, 0.2) is 17.3 Å². The smallest absolute Gasteiger partial charge is 0.308 e. The van der Waals surface area contributed by atoms with Crippen molar-refractivity contribution in [1.82, 2.24) is 0 Å². The minimum Gasteiger partial charge on any atom is -0.493 e. The fraction of sp³-hybridized carbons (Fsp3) is 0.241. The average Bonchev–Trinajstić information content (AvgIpc) is 3.01. The molecule has 0 amide bonds. The van der Waals surface area contributed by atoms with Crippen LogP contribution in [0.25, 0.3) is 0 Å². The second-order valence-electron chi connectivity index (χ2n) is 9.08. The number of carbonyl (C=O) groups excluding carboxylic acids is 2. The van der Waals surface area contributed by atoms with Crippen molar-refractivity contribution in [3.05, 3.63) is 94.7 Å². The lowest BCUT2D eigenvalue weighted by atomic mass is 9.78. The molecule has 2 atom stereocenters. The average molecular weight is 469 g/mol. The van der Waals surface area contributed by atoms with E-state index in [-0.39, 0.29) is 17.7 Å². The van der Waals surface area contributed by atoms with Gasteiger partial charge in [-0.25, -0.2) is 0 Å². The number of hydrogen-bond donors (Lipinski definition) is 2. The molecule has 0 fully saturated rings. The van der Waals surface area contributed by atoms with Crippen LogP contribution in [-0.2, 0) is 9.59 Å². The van der Waals surface area contributed by atoms with E-state index in [2.05, 4.69) is 41.8 Å². The van der Waals surface area contributed by atoms with Crippen molar-refractivity contribution in [3.63, 3.8) is 0 Å². The number of carbonyl (C=O) groups is 2. The maximum absolute atomic E-state index is 13.7. The number of ether oxygens (including phenoxy) is 2. The maximum atomic E-state index is 13.7. The molecule has 0 saturated carbocycles. The molecular formula is C29H28N2O4. The van der Waals surface area contributed by atoms with E-state index in [1.165, 1.54) is 25.2 Å². The Morgan fingerprint density at radius 1 is 0.914 bits per heavy atom. The fourth-order valence-electron chi connectivity index (χ4n) is 4.92. The van der Waals surface area contributed by atoms with Gasteiger partial charge in [-0.1, -0.05) is 48.0 Å². The van der Waals surface area contributed by atoms with Gasteiger partial charge in [0, 0.05) is 24.6 Å². The standard InChI is InChI=1S/C29H28N2O4/c1-17-8-10-19(11-9-17)21-14-24-28(25(33)15-21)29(31-23-7-5-4-6-22(23)30-24)20-12-13-26(35-18(2)32)27(16-20)34-3/h4-13,16,21,29-31H,14-15H2,1-3H3/t21-,29-/m1/s1. The minimum absolute atomic E-state index is 0.109. The molecule has 35 heavy (non-hydrogen) atoms. The number of benzene rings is 3. The SMILES string of the molecule is COc1cc([C@H]2Nc3ccccc3NC3=C2C(=O)C[C@H](c2ccc(C)cc2)C3)ccc1OC(C)=O. The van der Waals surface area contributed by atoms with Gasteiger partial charge in [0.05, 0.1) is 24.5 Å². The molecule has 6 heteroatoms. The van der Waals surface area contributed by atoms with Gasteiger partial charge in [-0.2, -0.15) is 0 Å². The van der Waals surface area contributed by atoms with Crippen LogP contribution >= 0.6 is 0 Å². The molecule has 0 unspecified atom stereocenters. The highest BCUT2D eigenvalue weighted by molar-refractivity contribution is 6.01. The van der Waals surface area contributed by atoms with Crippen molar-refractivity contribution in [2.24, 2.45) is 0 Å². The third-order valence-corrected chi connectivity index (χ3v) is 6.63. The van der Waals surface area contributed by atoms with Gasteiger partial charge in [0.1, 0.15) is 0 Å². The highest BCUT2D eigenvalue weighted by Crippen LogP contribution is 2.45. The lowest BCUT2D eigenvalue weighted by molar-refractivity contribution is -0.132. The van der Waals surface area contributed by atoms with E-state index in [0.29, 0.717) is 17.9 Å². The second-order valence-corrected chi connectivity index (χ2v) is 9.08. The molecule has 5 rings (SSSR count). The Morgan fingerprint density at radius 3 is 2.34 bits per heavy atom. The maximum Gasteiger partial charge on any atom is 0.308 e. The Balaban J connectivity index is 1.59. The number of aryl methyl sites for hydroxylation is 1. The summed E-state index contributed by atoms with van der Waals surface area (Å²) in [6, 6.07) is 21.4.